The second-order valence-electron chi connectivity index (χ2n) is 7.15. The molecule has 2 aliphatic rings. The van der Waals surface area contributed by atoms with Gasteiger partial charge in [-0.25, -0.2) is 9.96 Å². The van der Waals surface area contributed by atoms with Gasteiger partial charge in [-0.3, -0.25) is 19.4 Å². The second-order valence-corrected chi connectivity index (χ2v) is 7.15. The van der Waals surface area contributed by atoms with E-state index in [0.29, 0.717) is 11.4 Å². The SMILES string of the molecule is COc1ccc(N2C(=O)[C@H]3[C@@H](ON(c4ccccc4)[C@H]3c3ccncc3)C2=O)cc1. The molecule has 7 heteroatoms. The molecular weight excluding hydrogens is 382 g/mol. The number of carbonyl (C=O) groups is 2. The highest BCUT2D eigenvalue weighted by Gasteiger charge is 2.60. The Labute approximate surface area is 173 Å². The fraction of sp³-hybridized carbons (Fsp3) is 0.174. The van der Waals surface area contributed by atoms with Gasteiger partial charge in [0.2, 0.25) is 5.91 Å². The zero-order chi connectivity index (χ0) is 20.7. The number of imide groups is 1. The molecule has 7 nitrogen and oxygen atoms in total. The summed E-state index contributed by atoms with van der Waals surface area (Å²) in [6.45, 7) is 0. The van der Waals surface area contributed by atoms with Crippen LogP contribution in [0, 0.1) is 5.92 Å². The van der Waals surface area contributed by atoms with Crippen LogP contribution in [-0.4, -0.2) is 30.0 Å². The molecule has 0 bridgehead atoms. The van der Waals surface area contributed by atoms with E-state index in [4.69, 9.17) is 9.57 Å². The number of carbonyl (C=O) groups excluding carboxylic acids is 2. The van der Waals surface area contributed by atoms with Crippen LogP contribution in [0.5, 0.6) is 5.75 Å². The summed E-state index contributed by atoms with van der Waals surface area (Å²) in [6, 6.07) is 19.6. The molecule has 2 saturated heterocycles. The maximum Gasteiger partial charge on any atom is 0.266 e. The van der Waals surface area contributed by atoms with Crippen LogP contribution in [0.3, 0.4) is 0 Å². The molecule has 0 radical (unpaired) electrons. The summed E-state index contributed by atoms with van der Waals surface area (Å²) in [7, 11) is 1.57. The van der Waals surface area contributed by atoms with Crippen molar-refractivity contribution in [3.63, 3.8) is 0 Å². The fourth-order valence-corrected chi connectivity index (χ4v) is 4.10. The lowest BCUT2D eigenvalue weighted by Crippen LogP contribution is -2.37. The first-order valence-electron chi connectivity index (χ1n) is 9.62. The molecule has 1 aromatic heterocycles. The van der Waals surface area contributed by atoms with Gasteiger partial charge < -0.3 is 4.74 Å². The molecule has 3 atom stereocenters. The van der Waals surface area contributed by atoms with Crippen molar-refractivity contribution in [1.82, 2.24) is 4.98 Å². The Kier molecular flexibility index (Phi) is 4.44. The van der Waals surface area contributed by atoms with E-state index < -0.39 is 18.1 Å². The number of hydrogen-bond donors (Lipinski definition) is 0. The van der Waals surface area contributed by atoms with Gasteiger partial charge in [-0.2, -0.15) is 0 Å². The Morgan fingerprint density at radius 1 is 0.867 bits per heavy atom. The molecule has 0 aliphatic carbocycles. The molecule has 2 amide bonds. The van der Waals surface area contributed by atoms with Gasteiger partial charge in [0.25, 0.3) is 5.91 Å². The normalized spacial score (nSPS) is 23.0. The van der Waals surface area contributed by atoms with Gasteiger partial charge in [-0.1, -0.05) is 18.2 Å². The largest absolute Gasteiger partial charge is 0.497 e. The number of rotatable bonds is 4. The van der Waals surface area contributed by atoms with Crippen molar-refractivity contribution < 1.29 is 19.2 Å². The van der Waals surface area contributed by atoms with Gasteiger partial charge >= 0.3 is 0 Å². The molecule has 2 aromatic carbocycles. The van der Waals surface area contributed by atoms with E-state index in [-0.39, 0.29) is 11.8 Å². The first-order valence-corrected chi connectivity index (χ1v) is 9.62. The minimum atomic E-state index is -0.891. The molecular formula is C23H19N3O4. The maximum absolute atomic E-state index is 13.5. The Morgan fingerprint density at radius 3 is 2.23 bits per heavy atom. The predicted octanol–water partition coefficient (Wildman–Crippen LogP) is 3.14. The van der Waals surface area contributed by atoms with Crippen molar-refractivity contribution in [2.45, 2.75) is 12.1 Å². The van der Waals surface area contributed by atoms with Crippen LogP contribution in [0.15, 0.2) is 79.1 Å². The minimum absolute atomic E-state index is 0.282. The van der Waals surface area contributed by atoms with Gasteiger partial charge in [0.1, 0.15) is 11.7 Å². The van der Waals surface area contributed by atoms with Crippen LogP contribution < -0.4 is 14.7 Å². The lowest BCUT2D eigenvalue weighted by Gasteiger charge is -2.28. The number of ether oxygens (including phenoxy) is 1. The average molecular weight is 401 g/mol. The van der Waals surface area contributed by atoms with E-state index in [2.05, 4.69) is 4.98 Å². The summed E-state index contributed by atoms with van der Waals surface area (Å²) in [5.41, 5.74) is 2.15. The zero-order valence-electron chi connectivity index (χ0n) is 16.2. The molecule has 3 aromatic rings. The highest BCUT2D eigenvalue weighted by Crippen LogP contribution is 2.47. The third-order valence-electron chi connectivity index (χ3n) is 5.50. The Morgan fingerprint density at radius 2 is 1.57 bits per heavy atom. The maximum atomic E-state index is 13.5. The van der Waals surface area contributed by atoms with Gasteiger partial charge in [0.05, 0.1) is 24.5 Å². The van der Waals surface area contributed by atoms with Crippen molar-refractivity contribution in [3.05, 3.63) is 84.7 Å². The molecule has 0 saturated carbocycles. The van der Waals surface area contributed by atoms with Gasteiger partial charge in [-0.05, 0) is 54.1 Å². The standard InChI is InChI=1S/C23H19N3O4/c1-29-18-9-7-16(8-10-18)25-22(27)19-20(15-11-13-24-14-12-15)26(30-21(19)23(25)28)17-5-3-2-4-6-17/h2-14,19-21H,1H3/t19-,20+,21-/m1/s1. The number of benzene rings is 2. The zero-order valence-corrected chi connectivity index (χ0v) is 16.2. The number of fused-ring (bicyclic) bond motifs is 1. The van der Waals surface area contributed by atoms with Crippen LogP contribution >= 0.6 is 0 Å². The van der Waals surface area contributed by atoms with E-state index in [9.17, 15) is 9.59 Å². The number of amides is 2. The van der Waals surface area contributed by atoms with E-state index in [1.807, 2.05) is 42.5 Å². The monoisotopic (exact) mass is 401 g/mol. The van der Waals surface area contributed by atoms with E-state index in [1.54, 1.807) is 48.8 Å². The van der Waals surface area contributed by atoms with Crippen molar-refractivity contribution >= 4 is 23.2 Å². The minimum Gasteiger partial charge on any atom is -0.497 e. The quantitative estimate of drug-likeness (QED) is 0.626. The highest BCUT2D eigenvalue weighted by atomic mass is 16.7. The van der Waals surface area contributed by atoms with Crippen molar-refractivity contribution in [1.29, 1.82) is 0 Å². The number of hydroxylamine groups is 1. The van der Waals surface area contributed by atoms with E-state index >= 15 is 0 Å². The number of pyridine rings is 1. The number of aromatic nitrogens is 1. The predicted molar refractivity (Wildman–Crippen MR) is 110 cm³/mol. The van der Waals surface area contributed by atoms with Gasteiger partial charge in [-0.15, -0.1) is 0 Å². The van der Waals surface area contributed by atoms with Crippen LogP contribution in [0.2, 0.25) is 0 Å². The first-order chi connectivity index (χ1) is 14.7. The summed E-state index contributed by atoms with van der Waals surface area (Å²) < 4.78 is 5.17. The Bertz CT molecular complexity index is 1070. The number of methoxy groups -OCH3 is 1. The third kappa shape index (κ3) is 2.83. The molecule has 0 spiro atoms. The molecule has 30 heavy (non-hydrogen) atoms. The van der Waals surface area contributed by atoms with Crippen LogP contribution in [0.1, 0.15) is 11.6 Å². The van der Waals surface area contributed by atoms with Crippen LogP contribution in [-0.2, 0) is 14.4 Å². The fourth-order valence-electron chi connectivity index (χ4n) is 4.10. The Hall–Kier alpha value is -3.71. The molecule has 5 rings (SSSR count). The number of hydrogen-bond acceptors (Lipinski definition) is 6. The second kappa shape index (κ2) is 7.27. The first kappa shape index (κ1) is 18.3. The average Bonchev–Trinajstić information content (AvgIpc) is 3.31. The van der Waals surface area contributed by atoms with E-state index in [1.165, 1.54) is 4.90 Å². The molecule has 2 fully saturated rings. The summed E-state index contributed by atoms with van der Waals surface area (Å²) in [5, 5.41) is 1.67. The Balaban J connectivity index is 1.55. The number of nitrogens with zero attached hydrogens (tertiary/aromatic N) is 3. The molecule has 0 N–H and O–H groups in total. The topological polar surface area (TPSA) is 72.0 Å². The van der Waals surface area contributed by atoms with Gasteiger partial charge in [0.15, 0.2) is 6.10 Å². The summed E-state index contributed by atoms with van der Waals surface area (Å²) in [6.07, 6.45) is 2.46. The molecule has 3 heterocycles. The number of para-hydroxylation sites is 1. The number of anilines is 2. The lowest BCUT2D eigenvalue weighted by molar-refractivity contribution is -0.126. The lowest BCUT2D eigenvalue weighted by atomic mass is 9.91. The summed E-state index contributed by atoms with van der Waals surface area (Å²) in [5.74, 6) is -0.663. The summed E-state index contributed by atoms with van der Waals surface area (Å²) >= 11 is 0. The van der Waals surface area contributed by atoms with Gasteiger partial charge in [0, 0.05) is 12.4 Å². The van der Waals surface area contributed by atoms with Crippen molar-refractivity contribution in [2.24, 2.45) is 5.92 Å². The summed E-state index contributed by atoms with van der Waals surface area (Å²) in [4.78, 5) is 38.1. The van der Waals surface area contributed by atoms with E-state index in [0.717, 1.165) is 11.3 Å². The smallest absolute Gasteiger partial charge is 0.266 e. The van der Waals surface area contributed by atoms with Crippen LogP contribution in [0.25, 0.3) is 0 Å². The molecule has 150 valence electrons. The molecule has 0 unspecified atom stereocenters. The highest BCUT2D eigenvalue weighted by molar-refractivity contribution is 6.23. The molecule has 2 aliphatic heterocycles. The van der Waals surface area contributed by atoms with Crippen molar-refractivity contribution in [2.75, 3.05) is 17.1 Å². The van der Waals surface area contributed by atoms with Crippen LogP contribution in [0.4, 0.5) is 11.4 Å². The van der Waals surface area contributed by atoms with Crippen molar-refractivity contribution in [3.8, 4) is 5.75 Å². The third-order valence-corrected chi connectivity index (χ3v) is 5.50.